The molecule has 1 N–H and O–H groups in total. The van der Waals surface area contributed by atoms with Gasteiger partial charge in [-0.3, -0.25) is 4.79 Å². The topological polar surface area (TPSA) is 62.5 Å². The molecule has 1 aliphatic rings. The summed E-state index contributed by atoms with van der Waals surface area (Å²) in [6, 6.07) is 12.4. The number of carbonyl (C=O) groups excluding carboxylic acids is 1. The van der Waals surface area contributed by atoms with Crippen molar-refractivity contribution in [2.24, 2.45) is 5.92 Å². The van der Waals surface area contributed by atoms with Crippen molar-refractivity contribution < 1.29 is 9.18 Å². The molecule has 1 fully saturated rings. The standard InChI is InChI=1S/C23H22FN5OS/c24-18-5-3-16(4-6-18)15-26-23(30)17-7-10-28(11-8-17)22-20-14-19(21-2-1-13-31-21)27-29(20)12-9-25-22/h1-6,9,12-14,17H,7-8,10-11,15H2,(H,26,30). The lowest BCUT2D eigenvalue weighted by atomic mass is 9.95. The first-order valence-corrected chi connectivity index (χ1v) is 11.2. The molecule has 8 heteroatoms. The Morgan fingerprint density at radius 1 is 1.19 bits per heavy atom. The van der Waals surface area contributed by atoms with Gasteiger partial charge in [0.25, 0.3) is 0 Å². The molecule has 1 amide bonds. The van der Waals surface area contributed by atoms with Crippen LogP contribution in [-0.2, 0) is 11.3 Å². The van der Waals surface area contributed by atoms with Gasteiger partial charge in [0, 0.05) is 37.9 Å². The second kappa shape index (κ2) is 8.47. The van der Waals surface area contributed by atoms with Gasteiger partial charge in [0.05, 0.1) is 4.88 Å². The van der Waals surface area contributed by atoms with Crippen molar-refractivity contribution in [3.05, 3.63) is 71.6 Å². The molecule has 158 valence electrons. The molecule has 1 aliphatic heterocycles. The highest BCUT2D eigenvalue weighted by Crippen LogP contribution is 2.30. The number of benzene rings is 1. The molecular formula is C23H22FN5OS. The molecule has 1 saturated heterocycles. The van der Waals surface area contributed by atoms with E-state index in [9.17, 15) is 9.18 Å². The number of anilines is 1. The Labute approximate surface area is 183 Å². The molecule has 0 saturated carbocycles. The number of hydrogen-bond acceptors (Lipinski definition) is 5. The van der Waals surface area contributed by atoms with E-state index in [0.717, 1.165) is 53.4 Å². The van der Waals surface area contributed by atoms with Crippen molar-refractivity contribution in [3.8, 4) is 10.6 Å². The van der Waals surface area contributed by atoms with Gasteiger partial charge in [-0.25, -0.2) is 13.9 Å². The lowest BCUT2D eigenvalue weighted by Gasteiger charge is -2.32. The van der Waals surface area contributed by atoms with Crippen LogP contribution in [0.1, 0.15) is 18.4 Å². The predicted octanol–water partition coefficient (Wildman–Crippen LogP) is 4.13. The fourth-order valence-electron chi connectivity index (χ4n) is 3.99. The lowest BCUT2D eigenvalue weighted by molar-refractivity contribution is -0.125. The van der Waals surface area contributed by atoms with E-state index in [1.165, 1.54) is 12.1 Å². The summed E-state index contributed by atoms with van der Waals surface area (Å²) in [7, 11) is 0. The van der Waals surface area contributed by atoms with Crippen LogP contribution in [0.4, 0.5) is 10.2 Å². The van der Waals surface area contributed by atoms with Crippen LogP contribution in [0.25, 0.3) is 16.1 Å². The normalized spacial score (nSPS) is 14.8. The van der Waals surface area contributed by atoms with Crippen molar-refractivity contribution in [2.45, 2.75) is 19.4 Å². The molecule has 3 aromatic heterocycles. The van der Waals surface area contributed by atoms with Gasteiger partial charge in [-0.05, 0) is 48.1 Å². The van der Waals surface area contributed by atoms with Crippen molar-refractivity contribution in [1.29, 1.82) is 0 Å². The number of nitrogens with zero attached hydrogens (tertiary/aromatic N) is 4. The molecule has 0 radical (unpaired) electrons. The van der Waals surface area contributed by atoms with Crippen LogP contribution in [-0.4, -0.2) is 33.6 Å². The molecule has 0 atom stereocenters. The number of nitrogens with one attached hydrogen (secondary N) is 1. The third-order valence-corrected chi connectivity index (χ3v) is 6.58. The van der Waals surface area contributed by atoms with Gasteiger partial charge in [0.2, 0.25) is 5.91 Å². The van der Waals surface area contributed by atoms with E-state index >= 15 is 0 Å². The van der Waals surface area contributed by atoms with E-state index in [-0.39, 0.29) is 17.6 Å². The number of carbonyl (C=O) groups is 1. The molecule has 4 heterocycles. The van der Waals surface area contributed by atoms with Gasteiger partial charge >= 0.3 is 0 Å². The minimum atomic E-state index is -0.272. The molecule has 1 aromatic carbocycles. The Bertz CT molecular complexity index is 1180. The summed E-state index contributed by atoms with van der Waals surface area (Å²) in [4.78, 5) is 20.6. The van der Waals surface area contributed by atoms with Crippen LogP contribution in [0, 0.1) is 11.7 Å². The van der Waals surface area contributed by atoms with Gasteiger partial charge in [-0.1, -0.05) is 18.2 Å². The third kappa shape index (κ3) is 4.16. The highest BCUT2D eigenvalue weighted by molar-refractivity contribution is 7.13. The van der Waals surface area contributed by atoms with Crippen molar-refractivity contribution in [1.82, 2.24) is 19.9 Å². The van der Waals surface area contributed by atoms with E-state index in [1.807, 2.05) is 22.2 Å². The SMILES string of the molecule is O=C(NCc1ccc(F)cc1)C1CCN(c2nccn3nc(-c4cccs4)cc23)CC1. The van der Waals surface area contributed by atoms with Crippen LogP contribution in [0.3, 0.4) is 0 Å². The first kappa shape index (κ1) is 19.7. The minimum Gasteiger partial charge on any atom is -0.355 e. The zero-order valence-corrected chi connectivity index (χ0v) is 17.7. The second-order valence-electron chi connectivity index (χ2n) is 7.69. The lowest BCUT2D eigenvalue weighted by Crippen LogP contribution is -2.40. The number of aromatic nitrogens is 3. The summed E-state index contributed by atoms with van der Waals surface area (Å²) in [6.45, 7) is 1.95. The van der Waals surface area contributed by atoms with Gasteiger partial charge in [-0.15, -0.1) is 11.3 Å². The highest BCUT2D eigenvalue weighted by Gasteiger charge is 2.26. The number of halogens is 1. The molecule has 0 unspecified atom stereocenters. The molecule has 6 nitrogen and oxygen atoms in total. The summed E-state index contributed by atoms with van der Waals surface area (Å²) >= 11 is 1.67. The molecule has 31 heavy (non-hydrogen) atoms. The van der Waals surface area contributed by atoms with Gasteiger partial charge in [0.1, 0.15) is 17.0 Å². The molecule has 5 rings (SSSR count). The number of rotatable bonds is 5. The van der Waals surface area contributed by atoms with E-state index in [0.29, 0.717) is 6.54 Å². The van der Waals surface area contributed by atoms with Crippen LogP contribution in [0.2, 0.25) is 0 Å². The molecular weight excluding hydrogens is 413 g/mol. The summed E-state index contributed by atoms with van der Waals surface area (Å²) in [5, 5.41) is 9.71. The number of thiophene rings is 1. The third-order valence-electron chi connectivity index (χ3n) is 5.69. The predicted molar refractivity (Wildman–Crippen MR) is 119 cm³/mol. The Balaban J connectivity index is 1.23. The summed E-state index contributed by atoms with van der Waals surface area (Å²) in [5.74, 6) is 0.664. The number of amides is 1. The Morgan fingerprint density at radius 3 is 2.74 bits per heavy atom. The average molecular weight is 436 g/mol. The maximum absolute atomic E-state index is 13.0. The minimum absolute atomic E-state index is 0.0250. The fourth-order valence-corrected chi connectivity index (χ4v) is 4.67. The fraction of sp³-hybridized carbons (Fsp3) is 0.261. The monoisotopic (exact) mass is 435 g/mol. The first-order chi connectivity index (χ1) is 15.2. The van der Waals surface area contributed by atoms with Crippen LogP contribution >= 0.6 is 11.3 Å². The quantitative estimate of drug-likeness (QED) is 0.512. The summed E-state index contributed by atoms with van der Waals surface area (Å²) < 4.78 is 14.9. The van der Waals surface area contributed by atoms with Gasteiger partial charge in [-0.2, -0.15) is 5.10 Å². The molecule has 0 bridgehead atoms. The van der Waals surface area contributed by atoms with E-state index in [2.05, 4.69) is 32.4 Å². The Kier molecular flexibility index (Phi) is 5.38. The van der Waals surface area contributed by atoms with Gasteiger partial charge in [0.15, 0.2) is 5.82 Å². The second-order valence-corrected chi connectivity index (χ2v) is 8.64. The van der Waals surface area contributed by atoms with Crippen molar-refractivity contribution in [3.63, 3.8) is 0 Å². The zero-order valence-electron chi connectivity index (χ0n) is 16.9. The highest BCUT2D eigenvalue weighted by atomic mass is 32.1. The number of piperidine rings is 1. The van der Waals surface area contributed by atoms with E-state index in [1.54, 1.807) is 29.7 Å². The van der Waals surface area contributed by atoms with Crippen LogP contribution < -0.4 is 10.2 Å². The number of hydrogen-bond donors (Lipinski definition) is 1. The van der Waals surface area contributed by atoms with Crippen LogP contribution in [0.5, 0.6) is 0 Å². The maximum atomic E-state index is 13.0. The van der Waals surface area contributed by atoms with Crippen LogP contribution in [0.15, 0.2) is 60.2 Å². The van der Waals surface area contributed by atoms with Crippen molar-refractivity contribution >= 4 is 28.6 Å². The Morgan fingerprint density at radius 2 is 2.00 bits per heavy atom. The largest absolute Gasteiger partial charge is 0.355 e. The number of fused-ring (bicyclic) bond motifs is 1. The summed E-state index contributed by atoms with van der Waals surface area (Å²) in [6.07, 6.45) is 5.18. The molecule has 4 aromatic rings. The van der Waals surface area contributed by atoms with E-state index in [4.69, 9.17) is 0 Å². The molecule has 0 spiro atoms. The Hall–Kier alpha value is -3.26. The van der Waals surface area contributed by atoms with Gasteiger partial charge < -0.3 is 10.2 Å². The van der Waals surface area contributed by atoms with E-state index < -0.39 is 0 Å². The zero-order chi connectivity index (χ0) is 21.2. The summed E-state index contributed by atoms with van der Waals surface area (Å²) in [5.41, 5.74) is 2.81. The first-order valence-electron chi connectivity index (χ1n) is 10.3. The van der Waals surface area contributed by atoms with Crippen molar-refractivity contribution in [2.75, 3.05) is 18.0 Å². The molecule has 0 aliphatic carbocycles. The smallest absolute Gasteiger partial charge is 0.223 e. The maximum Gasteiger partial charge on any atom is 0.223 e. The average Bonchev–Trinajstić information content (AvgIpc) is 3.48.